The number of methoxy groups -OCH3 is 1. The Morgan fingerprint density at radius 1 is 1.20 bits per heavy atom. The minimum absolute atomic E-state index is 0.0338. The minimum atomic E-state index is -0.0338. The first-order valence-electron chi connectivity index (χ1n) is 10.2. The van der Waals surface area contributed by atoms with Gasteiger partial charge in [0.25, 0.3) is 0 Å². The number of nitrogens with zero attached hydrogens (tertiary/aromatic N) is 3. The van der Waals surface area contributed by atoms with Gasteiger partial charge in [-0.15, -0.1) is 0 Å². The zero-order valence-electron chi connectivity index (χ0n) is 17.1. The summed E-state index contributed by atoms with van der Waals surface area (Å²) in [5.41, 5.74) is 1.98. The summed E-state index contributed by atoms with van der Waals surface area (Å²) in [4.78, 5) is 19.4. The van der Waals surface area contributed by atoms with Crippen LogP contribution in [0.2, 0.25) is 0 Å². The molecular weight excluding hydrogens is 380 g/mol. The van der Waals surface area contributed by atoms with Crippen LogP contribution in [0.4, 0.5) is 0 Å². The second-order valence-electron chi connectivity index (χ2n) is 7.52. The number of nitrogens with one attached hydrogen (secondary N) is 1. The zero-order chi connectivity index (χ0) is 20.8. The number of carbonyl (C=O) groups is 1. The molecule has 7 nitrogen and oxygen atoms in total. The van der Waals surface area contributed by atoms with Gasteiger partial charge in [0.1, 0.15) is 5.75 Å². The highest BCUT2D eigenvalue weighted by atomic mass is 16.5. The average Bonchev–Trinajstić information content (AvgIpc) is 3.27. The molecule has 30 heavy (non-hydrogen) atoms. The van der Waals surface area contributed by atoms with Crippen LogP contribution < -0.4 is 10.1 Å². The highest BCUT2D eigenvalue weighted by Crippen LogP contribution is 2.20. The van der Waals surface area contributed by atoms with E-state index in [0.717, 1.165) is 36.3 Å². The fourth-order valence-electron chi connectivity index (χ4n) is 3.70. The Morgan fingerprint density at radius 3 is 2.77 bits per heavy atom. The van der Waals surface area contributed by atoms with Gasteiger partial charge < -0.3 is 14.6 Å². The van der Waals surface area contributed by atoms with E-state index in [0.29, 0.717) is 31.3 Å². The molecule has 0 radical (unpaired) electrons. The minimum Gasteiger partial charge on any atom is -0.497 e. The average molecular weight is 406 g/mol. The Morgan fingerprint density at radius 2 is 2.00 bits per heavy atom. The topological polar surface area (TPSA) is 80.5 Å². The fourth-order valence-corrected chi connectivity index (χ4v) is 3.70. The number of ether oxygens (including phenoxy) is 1. The predicted molar refractivity (Wildman–Crippen MR) is 113 cm³/mol. The van der Waals surface area contributed by atoms with Gasteiger partial charge >= 0.3 is 0 Å². The van der Waals surface area contributed by atoms with Crippen molar-refractivity contribution in [3.05, 3.63) is 66.1 Å². The predicted octanol–water partition coefficient (Wildman–Crippen LogP) is 3.27. The van der Waals surface area contributed by atoms with Gasteiger partial charge in [0.2, 0.25) is 17.6 Å². The lowest BCUT2D eigenvalue weighted by atomic mass is 9.97. The van der Waals surface area contributed by atoms with Gasteiger partial charge in [0, 0.05) is 18.7 Å². The lowest BCUT2D eigenvalue weighted by molar-refractivity contribution is -0.127. The Balaban J connectivity index is 1.29. The first-order valence-corrected chi connectivity index (χ1v) is 10.2. The molecule has 1 fully saturated rings. The van der Waals surface area contributed by atoms with Crippen molar-refractivity contribution in [3.63, 3.8) is 0 Å². The van der Waals surface area contributed by atoms with Gasteiger partial charge in [0.15, 0.2) is 0 Å². The summed E-state index contributed by atoms with van der Waals surface area (Å²) in [6.45, 7) is 2.69. The van der Waals surface area contributed by atoms with Gasteiger partial charge in [0.05, 0.1) is 19.6 Å². The number of amides is 1. The molecule has 2 heterocycles. The van der Waals surface area contributed by atoms with Gasteiger partial charge in [-0.25, -0.2) is 0 Å². The number of benzene rings is 2. The SMILES string of the molecule is COc1ccc(CNC(=O)C2CCCN(Cc3nc(-c4ccccc4)no3)C2)cc1. The third-order valence-electron chi connectivity index (χ3n) is 5.36. The third-order valence-corrected chi connectivity index (χ3v) is 5.36. The maximum Gasteiger partial charge on any atom is 0.241 e. The summed E-state index contributed by atoms with van der Waals surface area (Å²) >= 11 is 0. The molecule has 0 bridgehead atoms. The molecule has 7 heteroatoms. The Hall–Kier alpha value is -3.19. The number of rotatable bonds is 7. The van der Waals surface area contributed by atoms with Crippen molar-refractivity contribution in [2.45, 2.75) is 25.9 Å². The second-order valence-corrected chi connectivity index (χ2v) is 7.52. The van der Waals surface area contributed by atoms with Crippen molar-refractivity contribution in [1.82, 2.24) is 20.4 Å². The monoisotopic (exact) mass is 406 g/mol. The molecular formula is C23H26N4O3. The number of hydrogen-bond acceptors (Lipinski definition) is 6. The maximum atomic E-state index is 12.7. The van der Waals surface area contributed by atoms with Crippen molar-refractivity contribution in [2.24, 2.45) is 5.92 Å². The first kappa shape index (κ1) is 20.1. The van der Waals surface area contributed by atoms with Crippen molar-refractivity contribution < 1.29 is 14.1 Å². The number of hydrogen-bond donors (Lipinski definition) is 1. The molecule has 1 N–H and O–H groups in total. The van der Waals surface area contributed by atoms with Crippen LogP contribution in [0.25, 0.3) is 11.4 Å². The van der Waals surface area contributed by atoms with E-state index in [2.05, 4.69) is 20.4 Å². The van der Waals surface area contributed by atoms with E-state index >= 15 is 0 Å². The molecule has 3 aromatic rings. The van der Waals surface area contributed by atoms with Crippen LogP contribution in [0.3, 0.4) is 0 Å². The molecule has 0 saturated carbocycles. The molecule has 4 rings (SSSR count). The number of aromatic nitrogens is 2. The van der Waals surface area contributed by atoms with Crippen LogP contribution in [0, 0.1) is 5.92 Å². The van der Waals surface area contributed by atoms with Crippen molar-refractivity contribution in [2.75, 3.05) is 20.2 Å². The lowest BCUT2D eigenvalue weighted by Crippen LogP contribution is -2.42. The summed E-state index contributed by atoms with van der Waals surface area (Å²) in [7, 11) is 1.64. The van der Waals surface area contributed by atoms with Crippen LogP contribution in [-0.2, 0) is 17.9 Å². The van der Waals surface area contributed by atoms with Gasteiger partial charge in [-0.1, -0.05) is 47.6 Å². The maximum absolute atomic E-state index is 12.7. The molecule has 0 spiro atoms. The van der Waals surface area contributed by atoms with E-state index in [9.17, 15) is 4.79 Å². The Kier molecular flexibility index (Phi) is 6.39. The molecule has 156 valence electrons. The largest absolute Gasteiger partial charge is 0.497 e. The molecule has 1 aliphatic rings. The number of likely N-dealkylation sites (tertiary alicyclic amines) is 1. The van der Waals surface area contributed by atoms with Crippen LogP contribution in [0.5, 0.6) is 5.75 Å². The normalized spacial score (nSPS) is 16.9. The molecule has 0 aliphatic carbocycles. The highest BCUT2D eigenvalue weighted by Gasteiger charge is 2.26. The lowest BCUT2D eigenvalue weighted by Gasteiger charge is -2.30. The van der Waals surface area contributed by atoms with Crippen LogP contribution in [-0.4, -0.2) is 41.1 Å². The summed E-state index contributed by atoms with van der Waals surface area (Å²) in [6.07, 6.45) is 1.87. The number of piperidine rings is 1. The second kappa shape index (κ2) is 9.54. The third kappa shape index (κ3) is 5.04. The Labute approximate surface area is 176 Å². The molecule has 1 atom stereocenters. The van der Waals surface area contributed by atoms with Crippen molar-refractivity contribution >= 4 is 5.91 Å². The summed E-state index contributed by atoms with van der Waals surface area (Å²) in [5, 5.41) is 7.14. The highest BCUT2D eigenvalue weighted by molar-refractivity contribution is 5.79. The standard InChI is InChI=1S/C23H26N4O3/c1-29-20-11-9-17(10-12-20)14-24-23(28)19-8-5-13-27(15-19)16-21-25-22(26-30-21)18-6-3-2-4-7-18/h2-4,6-7,9-12,19H,5,8,13-16H2,1H3,(H,24,28). The smallest absolute Gasteiger partial charge is 0.241 e. The van der Waals surface area contributed by atoms with E-state index in [-0.39, 0.29) is 11.8 Å². The summed E-state index contributed by atoms with van der Waals surface area (Å²) in [5.74, 6) is 2.04. The van der Waals surface area contributed by atoms with Crippen molar-refractivity contribution in [3.8, 4) is 17.1 Å². The molecule has 2 aromatic carbocycles. The van der Waals surface area contributed by atoms with E-state index in [4.69, 9.17) is 9.26 Å². The fraction of sp³-hybridized carbons (Fsp3) is 0.348. The quantitative estimate of drug-likeness (QED) is 0.649. The van der Waals surface area contributed by atoms with Crippen LogP contribution >= 0.6 is 0 Å². The first-order chi connectivity index (χ1) is 14.7. The molecule has 1 saturated heterocycles. The van der Waals surface area contributed by atoms with E-state index in [1.54, 1.807) is 7.11 Å². The summed E-state index contributed by atoms with van der Waals surface area (Å²) in [6, 6.07) is 17.5. The van der Waals surface area contributed by atoms with E-state index in [1.165, 1.54) is 0 Å². The van der Waals surface area contributed by atoms with Gasteiger partial charge in [-0.2, -0.15) is 4.98 Å². The molecule has 1 aliphatic heterocycles. The summed E-state index contributed by atoms with van der Waals surface area (Å²) < 4.78 is 10.6. The zero-order valence-corrected chi connectivity index (χ0v) is 17.1. The number of carbonyl (C=O) groups excluding carboxylic acids is 1. The van der Waals surface area contributed by atoms with Gasteiger partial charge in [-0.3, -0.25) is 9.69 Å². The van der Waals surface area contributed by atoms with Crippen molar-refractivity contribution in [1.29, 1.82) is 0 Å². The molecule has 1 amide bonds. The van der Waals surface area contributed by atoms with Crippen LogP contribution in [0.15, 0.2) is 59.1 Å². The molecule has 1 aromatic heterocycles. The van der Waals surface area contributed by atoms with E-state index in [1.807, 2.05) is 54.6 Å². The Bertz CT molecular complexity index is 956. The van der Waals surface area contributed by atoms with Gasteiger partial charge in [-0.05, 0) is 37.1 Å². The molecule has 1 unspecified atom stereocenters. The van der Waals surface area contributed by atoms with Crippen LogP contribution in [0.1, 0.15) is 24.3 Å². The van der Waals surface area contributed by atoms with E-state index < -0.39 is 0 Å².